The summed E-state index contributed by atoms with van der Waals surface area (Å²) in [5.41, 5.74) is 3.12. The van der Waals surface area contributed by atoms with E-state index in [9.17, 15) is 0 Å². The minimum Gasteiger partial charge on any atom is -0.373 e. The molecule has 0 aromatic heterocycles. The zero-order valence-electron chi connectivity index (χ0n) is 6.92. The van der Waals surface area contributed by atoms with Crippen LogP contribution in [0.5, 0.6) is 0 Å². The van der Waals surface area contributed by atoms with Crippen molar-refractivity contribution in [1.29, 1.82) is 0 Å². The maximum Gasteiger partial charge on any atom is 0.0692 e. The first-order chi connectivity index (χ1) is 4.72. The fourth-order valence-electron chi connectivity index (χ4n) is 1.36. The van der Waals surface area contributed by atoms with E-state index in [4.69, 9.17) is 4.74 Å². The van der Waals surface area contributed by atoms with Gasteiger partial charge in [0.1, 0.15) is 0 Å². The Bertz CT molecular complexity index is 97.8. The molecule has 0 aliphatic carbocycles. The van der Waals surface area contributed by atoms with Crippen molar-refractivity contribution in [2.45, 2.75) is 26.1 Å². The van der Waals surface area contributed by atoms with Crippen LogP contribution in [0.25, 0.3) is 0 Å². The molecule has 1 rings (SSSR count). The summed E-state index contributed by atoms with van der Waals surface area (Å²) in [7, 11) is 1.95. The smallest absolute Gasteiger partial charge is 0.0692 e. The van der Waals surface area contributed by atoms with Crippen molar-refractivity contribution < 1.29 is 4.74 Å². The van der Waals surface area contributed by atoms with Crippen molar-refractivity contribution in [3.63, 3.8) is 0 Å². The minimum atomic E-state index is 0.358. The molecule has 1 heterocycles. The summed E-state index contributed by atoms with van der Waals surface area (Å²) in [6.07, 6.45) is 0.715. The van der Waals surface area contributed by atoms with E-state index in [2.05, 4.69) is 24.3 Å². The molecule has 3 nitrogen and oxygen atoms in total. The summed E-state index contributed by atoms with van der Waals surface area (Å²) in [6.45, 7) is 6.17. The molecular formula is C7H16N2O. The number of nitrogens with one attached hydrogen (secondary N) is 1. The summed E-state index contributed by atoms with van der Waals surface area (Å²) in [6, 6.07) is 0. The molecule has 0 amide bonds. The van der Waals surface area contributed by atoms with Crippen molar-refractivity contribution in [1.82, 2.24) is 10.4 Å². The van der Waals surface area contributed by atoms with E-state index >= 15 is 0 Å². The van der Waals surface area contributed by atoms with Gasteiger partial charge in [-0.25, -0.2) is 5.01 Å². The molecule has 0 bridgehead atoms. The van der Waals surface area contributed by atoms with E-state index < -0.39 is 0 Å². The highest BCUT2D eigenvalue weighted by atomic mass is 16.5. The number of ether oxygens (including phenoxy) is 1. The molecule has 1 fully saturated rings. The largest absolute Gasteiger partial charge is 0.373 e. The van der Waals surface area contributed by atoms with Crippen molar-refractivity contribution in [2.24, 2.45) is 0 Å². The van der Waals surface area contributed by atoms with Crippen LogP contribution < -0.4 is 5.43 Å². The first-order valence-electron chi connectivity index (χ1n) is 3.80. The Hall–Kier alpha value is -0.120. The monoisotopic (exact) mass is 144 g/mol. The molecule has 0 radical (unpaired) electrons. The zero-order valence-corrected chi connectivity index (χ0v) is 6.92. The van der Waals surface area contributed by atoms with Gasteiger partial charge in [0.15, 0.2) is 0 Å². The predicted molar refractivity (Wildman–Crippen MR) is 40.6 cm³/mol. The second-order valence-corrected chi connectivity index (χ2v) is 2.89. The first-order valence-corrected chi connectivity index (χ1v) is 3.80. The van der Waals surface area contributed by atoms with E-state index in [1.807, 2.05) is 7.05 Å². The Morgan fingerprint density at radius 3 is 2.20 bits per heavy atom. The van der Waals surface area contributed by atoms with Gasteiger partial charge in [0.2, 0.25) is 0 Å². The van der Waals surface area contributed by atoms with Crippen LogP contribution in [-0.4, -0.2) is 37.4 Å². The fourth-order valence-corrected chi connectivity index (χ4v) is 1.36. The van der Waals surface area contributed by atoms with Crippen LogP contribution in [-0.2, 0) is 4.74 Å². The van der Waals surface area contributed by atoms with E-state index in [0.29, 0.717) is 12.2 Å². The van der Waals surface area contributed by atoms with Crippen LogP contribution in [0.15, 0.2) is 0 Å². The Balaban J connectivity index is 2.35. The summed E-state index contributed by atoms with van der Waals surface area (Å²) < 4.78 is 5.54. The minimum absolute atomic E-state index is 0.358. The van der Waals surface area contributed by atoms with Gasteiger partial charge in [-0.2, -0.15) is 0 Å². The van der Waals surface area contributed by atoms with Gasteiger partial charge in [0, 0.05) is 13.1 Å². The third-order valence-electron chi connectivity index (χ3n) is 1.74. The van der Waals surface area contributed by atoms with Crippen LogP contribution >= 0.6 is 0 Å². The number of hydrogen-bond acceptors (Lipinski definition) is 3. The molecule has 0 saturated carbocycles. The van der Waals surface area contributed by atoms with Gasteiger partial charge in [-0.1, -0.05) is 0 Å². The van der Waals surface area contributed by atoms with Gasteiger partial charge in [-0.05, 0) is 20.9 Å². The van der Waals surface area contributed by atoms with Gasteiger partial charge >= 0.3 is 0 Å². The molecule has 1 aliphatic heterocycles. The van der Waals surface area contributed by atoms with E-state index in [1.54, 1.807) is 0 Å². The normalized spacial score (nSPS) is 36.3. The number of hydrogen-bond donors (Lipinski definition) is 1. The molecule has 2 atom stereocenters. The topological polar surface area (TPSA) is 24.5 Å². The molecule has 60 valence electrons. The predicted octanol–water partition coefficient (Wildman–Crippen LogP) is 0.230. The van der Waals surface area contributed by atoms with Crippen LogP contribution in [0.1, 0.15) is 13.8 Å². The maximum absolute atomic E-state index is 5.54. The highest BCUT2D eigenvalue weighted by Gasteiger charge is 2.20. The number of morpholine rings is 1. The third kappa shape index (κ3) is 1.94. The van der Waals surface area contributed by atoms with Gasteiger partial charge in [0.05, 0.1) is 12.2 Å². The molecule has 0 aromatic rings. The third-order valence-corrected chi connectivity index (χ3v) is 1.74. The van der Waals surface area contributed by atoms with E-state index in [1.165, 1.54) is 0 Å². The summed E-state index contributed by atoms with van der Waals surface area (Å²) in [5.74, 6) is 0. The van der Waals surface area contributed by atoms with Gasteiger partial charge in [-0.15, -0.1) is 0 Å². The second kappa shape index (κ2) is 3.32. The Morgan fingerprint density at radius 2 is 1.80 bits per heavy atom. The van der Waals surface area contributed by atoms with Gasteiger partial charge < -0.3 is 4.74 Å². The van der Waals surface area contributed by atoms with Crippen molar-refractivity contribution in [3.05, 3.63) is 0 Å². The molecule has 2 unspecified atom stereocenters. The second-order valence-electron chi connectivity index (χ2n) is 2.89. The Morgan fingerprint density at radius 1 is 1.30 bits per heavy atom. The van der Waals surface area contributed by atoms with E-state index in [0.717, 1.165) is 13.1 Å². The standard InChI is InChI=1S/C7H16N2O/c1-6-4-9(8-3)5-7(2)10-6/h6-8H,4-5H2,1-3H3. The lowest BCUT2D eigenvalue weighted by Gasteiger charge is -2.34. The molecule has 1 saturated heterocycles. The van der Waals surface area contributed by atoms with Gasteiger partial charge in [0.25, 0.3) is 0 Å². The zero-order chi connectivity index (χ0) is 7.56. The van der Waals surface area contributed by atoms with Crippen molar-refractivity contribution in [2.75, 3.05) is 20.1 Å². The highest BCUT2D eigenvalue weighted by molar-refractivity contribution is 4.69. The average molecular weight is 144 g/mol. The molecule has 0 aromatic carbocycles. The number of nitrogens with zero attached hydrogens (tertiary/aromatic N) is 1. The fraction of sp³-hybridized carbons (Fsp3) is 1.00. The number of hydrazine groups is 1. The summed E-state index contributed by atoms with van der Waals surface area (Å²) in [5, 5.41) is 2.18. The molecule has 1 N–H and O–H groups in total. The van der Waals surface area contributed by atoms with Crippen LogP contribution in [0, 0.1) is 0 Å². The molecule has 0 spiro atoms. The lowest BCUT2D eigenvalue weighted by Crippen LogP contribution is -2.50. The maximum atomic E-state index is 5.54. The highest BCUT2D eigenvalue weighted by Crippen LogP contribution is 2.07. The van der Waals surface area contributed by atoms with Crippen molar-refractivity contribution in [3.8, 4) is 0 Å². The molecule has 3 heteroatoms. The Labute approximate surface area is 62.3 Å². The summed E-state index contributed by atoms with van der Waals surface area (Å²) >= 11 is 0. The lowest BCUT2D eigenvalue weighted by atomic mass is 10.3. The van der Waals surface area contributed by atoms with Crippen LogP contribution in [0.4, 0.5) is 0 Å². The molecule has 10 heavy (non-hydrogen) atoms. The number of rotatable bonds is 1. The van der Waals surface area contributed by atoms with Crippen molar-refractivity contribution >= 4 is 0 Å². The summed E-state index contributed by atoms with van der Waals surface area (Å²) in [4.78, 5) is 0. The quantitative estimate of drug-likeness (QED) is 0.570. The average Bonchev–Trinajstić information content (AvgIpc) is 1.85. The lowest BCUT2D eigenvalue weighted by molar-refractivity contribution is -0.0811. The SMILES string of the molecule is CNN1CC(C)OC(C)C1. The molecular weight excluding hydrogens is 128 g/mol. The van der Waals surface area contributed by atoms with Crippen LogP contribution in [0.2, 0.25) is 0 Å². The van der Waals surface area contributed by atoms with Crippen LogP contribution in [0.3, 0.4) is 0 Å². The van der Waals surface area contributed by atoms with Gasteiger partial charge in [-0.3, -0.25) is 5.43 Å². The Kier molecular flexibility index (Phi) is 2.65. The van der Waals surface area contributed by atoms with E-state index in [-0.39, 0.29) is 0 Å². The molecule has 1 aliphatic rings. The first kappa shape index (κ1) is 7.98.